The molecule has 0 aliphatic carbocycles. The van der Waals surface area contributed by atoms with Crippen LogP contribution in [-0.4, -0.2) is 29.5 Å². The van der Waals surface area contributed by atoms with Crippen LogP contribution in [0.15, 0.2) is 47.4 Å². The van der Waals surface area contributed by atoms with Gasteiger partial charge < -0.3 is 10.2 Å². The topological polar surface area (TPSA) is 49.4 Å². The second-order valence-corrected chi connectivity index (χ2v) is 6.68. The minimum absolute atomic E-state index is 0.0870. The lowest BCUT2D eigenvalue weighted by molar-refractivity contribution is -0.129. The van der Waals surface area contributed by atoms with Gasteiger partial charge in [-0.15, -0.1) is 11.8 Å². The van der Waals surface area contributed by atoms with Crippen molar-refractivity contribution in [2.75, 3.05) is 18.1 Å². The number of fused-ring (bicyclic) bond motifs is 1. The largest absolute Gasteiger partial charge is 0.338 e. The van der Waals surface area contributed by atoms with Gasteiger partial charge in [-0.2, -0.15) is 0 Å². The summed E-state index contributed by atoms with van der Waals surface area (Å²) in [4.78, 5) is 26.9. The van der Waals surface area contributed by atoms with Gasteiger partial charge in [-0.1, -0.05) is 18.2 Å². The lowest BCUT2D eigenvalue weighted by Crippen LogP contribution is -2.34. The number of nitrogens with one attached hydrogen (secondary N) is 1. The molecule has 2 amide bonds. The number of rotatable bonds is 3. The quantitative estimate of drug-likeness (QED) is 0.869. The second kappa shape index (κ2) is 7.09. The van der Waals surface area contributed by atoms with Crippen LogP contribution in [0.2, 0.25) is 0 Å². The van der Waals surface area contributed by atoms with Crippen molar-refractivity contribution in [1.82, 2.24) is 4.90 Å². The van der Waals surface area contributed by atoms with Crippen molar-refractivity contribution in [3.05, 3.63) is 59.2 Å². The molecule has 5 heteroatoms. The minimum atomic E-state index is -0.112. The van der Waals surface area contributed by atoms with E-state index in [0.29, 0.717) is 12.1 Å². The van der Waals surface area contributed by atoms with Gasteiger partial charge in [-0.25, -0.2) is 0 Å². The van der Waals surface area contributed by atoms with Crippen LogP contribution < -0.4 is 5.32 Å². The fourth-order valence-electron chi connectivity index (χ4n) is 2.93. The molecule has 0 spiro atoms. The van der Waals surface area contributed by atoms with Gasteiger partial charge in [0.05, 0.1) is 5.56 Å². The Balaban J connectivity index is 1.80. The zero-order valence-electron chi connectivity index (χ0n) is 13.8. The molecular formula is C19H20N2O2S. The van der Waals surface area contributed by atoms with E-state index in [1.54, 1.807) is 18.7 Å². The van der Waals surface area contributed by atoms with Gasteiger partial charge in [0.25, 0.3) is 5.91 Å². The van der Waals surface area contributed by atoms with Gasteiger partial charge in [-0.05, 0) is 48.1 Å². The fraction of sp³-hybridized carbons (Fsp3) is 0.263. The van der Waals surface area contributed by atoms with E-state index in [1.807, 2.05) is 53.6 Å². The Morgan fingerprint density at radius 1 is 1.12 bits per heavy atom. The zero-order valence-corrected chi connectivity index (χ0v) is 14.7. The molecule has 1 heterocycles. The third kappa shape index (κ3) is 3.46. The number of hydrogen-bond donors (Lipinski definition) is 1. The molecule has 0 bridgehead atoms. The summed E-state index contributed by atoms with van der Waals surface area (Å²) in [7, 11) is 0. The third-order valence-electron chi connectivity index (χ3n) is 4.27. The fourth-order valence-corrected chi connectivity index (χ4v) is 3.53. The number of carbonyl (C=O) groups excluding carboxylic acids is 2. The lowest BCUT2D eigenvalue weighted by Gasteiger charge is -2.28. The SMILES string of the molecule is CSc1ccccc1C(=O)Nc1ccc2c(c1)CN(C(C)=O)CC2. The first-order chi connectivity index (χ1) is 11.6. The van der Waals surface area contributed by atoms with E-state index in [-0.39, 0.29) is 11.8 Å². The van der Waals surface area contributed by atoms with E-state index in [2.05, 4.69) is 5.32 Å². The summed E-state index contributed by atoms with van der Waals surface area (Å²) < 4.78 is 0. The van der Waals surface area contributed by atoms with Crippen LogP contribution in [0.4, 0.5) is 5.69 Å². The predicted octanol–water partition coefficient (Wildman–Crippen LogP) is 3.57. The molecule has 124 valence electrons. The lowest BCUT2D eigenvalue weighted by atomic mass is 9.99. The summed E-state index contributed by atoms with van der Waals surface area (Å²) in [6, 6.07) is 13.5. The molecule has 0 saturated carbocycles. The van der Waals surface area contributed by atoms with E-state index < -0.39 is 0 Å². The molecule has 4 nitrogen and oxygen atoms in total. The molecule has 1 aliphatic heterocycles. The van der Waals surface area contributed by atoms with Gasteiger partial charge in [0, 0.05) is 30.6 Å². The molecule has 2 aromatic rings. The maximum atomic E-state index is 12.5. The molecule has 1 aliphatic rings. The molecule has 0 saturated heterocycles. The Kier molecular flexibility index (Phi) is 4.90. The van der Waals surface area contributed by atoms with Crippen LogP contribution >= 0.6 is 11.8 Å². The molecule has 1 N–H and O–H groups in total. The first kappa shape index (κ1) is 16.6. The Hall–Kier alpha value is -2.27. The number of anilines is 1. The van der Waals surface area contributed by atoms with Crippen LogP contribution in [0.3, 0.4) is 0 Å². The molecule has 0 atom stereocenters. The Morgan fingerprint density at radius 2 is 1.92 bits per heavy atom. The van der Waals surface area contributed by atoms with Gasteiger partial charge in [0.15, 0.2) is 0 Å². The molecule has 0 unspecified atom stereocenters. The van der Waals surface area contributed by atoms with Crippen LogP contribution in [0.5, 0.6) is 0 Å². The molecule has 2 aromatic carbocycles. The van der Waals surface area contributed by atoms with Crippen LogP contribution in [0.25, 0.3) is 0 Å². The summed E-state index contributed by atoms with van der Waals surface area (Å²) in [5, 5.41) is 2.97. The van der Waals surface area contributed by atoms with Crippen LogP contribution in [0.1, 0.15) is 28.4 Å². The minimum Gasteiger partial charge on any atom is -0.338 e. The van der Waals surface area contributed by atoms with Crippen molar-refractivity contribution >= 4 is 29.3 Å². The van der Waals surface area contributed by atoms with Crippen molar-refractivity contribution in [3.8, 4) is 0 Å². The second-order valence-electron chi connectivity index (χ2n) is 5.83. The Morgan fingerprint density at radius 3 is 2.67 bits per heavy atom. The summed E-state index contributed by atoms with van der Waals surface area (Å²) in [5.74, 6) is -0.0249. The van der Waals surface area contributed by atoms with Crippen molar-refractivity contribution < 1.29 is 9.59 Å². The first-order valence-corrected chi connectivity index (χ1v) is 9.12. The van der Waals surface area contributed by atoms with Gasteiger partial charge in [-0.3, -0.25) is 9.59 Å². The number of amides is 2. The Labute approximate surface area is 146 Å². The number of thioether (sulfide) groups is 1. The van der Waals surface area contributed by atoms with E-state index in [1.165, 1.54) is 5.56 Å². The van der Waals surface area contributed by atoms with Gasteiger partial charge >= 0.3 is 0 Å². The summed E-state index contributed by atoms with van der Waals surface area (Å²) in [5.41, 5.74) is 3.79. The highest BCUT2D eigenvalue weighted by Crippen LogP contribution is 2.25. The molecule has 0 fully saturated rings. The van der Waals surface area contributed by atoms with E-state index in [0.717, 1.165) is 29.1 Å². The maximum absolute atomic E-state index is 12.5. The average Bonchev–Trinajstić information content (AvgIpc) is 2.60. The summed E-state index contributed by atoms with van der Waals surface area (Å²) in [6.45, 7) is 2.96. The summed E-state index contributed by atoms with van der Waals surface area (Å²) >= 11 is 1.56. The van der Waals surface area contributed by atoms with Crippen LogP contribution in [0, 0.1) is 0 Å². The standard InChI is InChI=1S/C19H20N2O2S/c1-13(22)21-10-9-14-7-8-16(11-15(14)12-21)20-19(23)17-5-3-4-6-18(17)24-2/h3-8,11H,9-10,12H2,1-2H3,(H,20,23). The van der Waals surface area contributed by atoms with E-state index in [4.69, 9.17) is 0 Å². The highest BCUT2D eigenvalue weighted by Gasteiger charge is 2.19. The monoisotopic (exact) mass is 340 g/mol. The van der Waals surface area contributed by atoms with Crippen molar-refractivity contribution in [2.24, 2.45) is 0 Å². The first-order valence-electron chi connectivity index (χ1n) is 7.90. The number of benzene rings is 2. The smallest absolute Gasteiger partial charge is 0.256 e. The highest BCUT2D eigenvalue weighted by molar-refractivity contribution is 7.98. The molecular weight excluding hydrogens is 320 g/mol. The van der Waals surface area contributed by atoms with Crippen molar-refractivity contribution in [3.63, 3.8) is 0 Å². The normalized spacial score (nSPS) is 13.3. The molecule has 0 radical (unpaired) electrons. The maximum Gasteiger partial charge on any atom is 0.256 e. The van der Waals surface area contributed by atoms with Gasteiger partial charge in [0.1, 0.15) is 0 Å². The number of carbonyl (C=O) groups is 2. The highest BCUT2D eigenvalue weighted by atomic mass is 32.2. The Bertz CT molecular complexity index is 789. The molecule has 24 heavy (non-hydrogen) atoms. The van der Waals surface area contributed by atoms with Crippen molar-refractivity contribution in [2.45, 2.75) is 24.8 Å². The third-order valence-corrected chi connectivity index (χ3v) is 5.07. The average molecular weight is 340 g/mol. The summed E-state index contributed by atoms with van der Waals surface area (Å²) in [6.07, 6.45) is 2.82. The molecule has 0 aromatic heterocycles. The van der Waals surface area contributed by atoms with Crippen molar-refractivity contribution in [1.29, 1.82) is 0 Å². The van der Waals surface area contributed by atoms with E-state index >= 15 is 0 Å². The number of hydrogen-bond acceptors (Lipinski definition) is 3. The predicted molar refractivity (Wildman–Crippen MR) is 97.4 cm³/mol. The number of nitrogens with zero attached hydrogens (tertiary/aromatic N) is 1. The van der Waals surface area contributed by atoms with Crippen LogP contribution in [-0.2, 0) is 17.8 Å². The zero-order chi connectivity index (χ0) is 17.1. The van der Waals surface area contributed by atoms with Gasteiger partial charge in [0.2, 0.25) is 5.91 Å². The van der Waals surface area contributed by atoms with E-state index in [9.17, 15) is 9.59 Å². The molecule has 3 rings (SSSR count).